The Morgan fingerprint density at radius 2 is 2.18 bits per heavy atom. The molecule has 0 aliphatic carbocycles. The van der Waals surface area contributed by atoms with Crippen LogP contribution in [0.1, 0.15) is 19.0 Å². The molecule has 0 unspecified atom stereocenters. The molecule has 90 valence electrons. The first kappa shape index (κ1) is 12.3. The number of anilines is 1. The summed E-state index contributed by atoms with van der Waals surface area (Å²) in [6.45, 7) is 3.11. The lowest BCUT2D eigenvalue weighted by molar-refractivity contribution is 0.976. The van der Waals surface area contributed by atoms with Crippen molar-refractivity contribution in [3.05, 3.63) is 30.2 Å². The van der Waals surface area contributed by atoms with Crippen molar-refractivity contribution in [2.75, 3.05) is 11.9 Å². The molecule has 1 N–H and O–H groups in total. The van der Waals surface area contributed by atoms with E-state index in [1.807, 2.05) is 12.1 Å². The molecule has 0 saturated carbocycles. The number of hydrogen-bond acceptors (Lipinski definition) is 6. The van der Waals surface area contributed by atoms with Gasteiger partial charge in [0.05, 0.1) is 0 Å². The lowest BCUT2D eigenvalue weighted by Crippen LogP contribution is -2.00. The number of aromatic nitrogens is 3. The summed E-state index contributed by atoms with van der Waals surface area (Å²) < 4.78 is 3.99. The van der Waals surface area contributed by atoms with E-state index in [4.69, 9.17) is 0 Å². The maximum atomic E-state index is 4.15. The number of nitrogens with one attached hydrogen (secondary N) is 1. The summed E-state index contributed by atoms with van der Waals surface area (Å²) >= 11 is 3.18. The van der Waals surface area contributed by atoms with Crippen LogP contribution in [-0.2, 0) is 5.75 Å². The lowest BCUT2D eigenvalue weighted by atomic mass is 10.4. The van der Waals surface area contributed by atoms with Crippen LogP contribution in [0.4, 0.5) is 5.00 Å². The number of thioether (sulfide) groups is 1. The SMILES string of the molecule is CCCNc1snnc1CSc1ccncc1. The Bertz CT molecular complexity index is 444. The van der Waals surface area contributed by atoms with Gasteiger partial charge in [0.1, 0.15) is 10.7 Å². The molecular formula is C11H14N4S2. The van der Waals surface area contributed by atoms with Crippen LogP contribution in [0, 0.1) is 0 Å². The normalized spacial score (nSPS) is 10.4. The fourth-order valence-corrected chi connectivity index (χ4v) is 2.78. The predicted octanol–water partition coefficient (Wildman–Crippen LogP) is 3.05. The van der Waals surface area contributed by atoms with Crippen LogP contribution < -0.4 is 5.32 Å². The van der Waals surface area contributed by atoms with Crippen molar-refractivity contribution >= 4 is 28.3 Å². The van der Waals surface area contributed by atoms with Gasteiger partial charge in [0, 0.05) is 41.1 Å². The molecule has 2 heterocycles. The third kappa shape index (κ3) is 3.67. The minimum atomic E-state index is 0.840. The van der Waals surface area contributed by atoms with E-state index in [0.29, 0.717) is 0 Å². The Morgan fingerprint density at radius 3 is 2.94 bits per heavy atom. The summed E-state index contributed by atoms with van der Waals surface area (Å²) in [5.74, 6) is 0.840. The van der Waals surface area contributed by atoms with Gasteiger partial charge in [-0.1, -0.05) is 11.4 Å². The van der Waals surface area contributed by atoms with Crippen LogP contribution in [0.25, 0.3) is 0 Å². The molecule has 0 saturated heterocycles. The van der Waals surface area contributed by atoms with E-state index in [9.17, 15) is 0 Å². The van der Waals surface area contributed by atoms with Crippen LogP contribution in [0.5, 0.6) is 0 Å². The first-order valence-electron chi connectivity index (χ1n) is 5.48. The van der Waals surface area contributed by atoms with Gasteiger partial charge in [-0.05, 0) is 18.6 Å². The molecule has 2 aromatic heterocycles. The van der Waals surface area contributed by atoms with Crippen LogP contribution in [0.15, 0.2) is 29.4 Å². The van der Waals surface area contributed by atoms with E-state index in [-0.39, 0.29) is 0 Å². The smallest absolute Gasteiger partial charge is 0.134 e. The van der Waals surface area contributed by atoms with Crippen molar-refractivity contribution in [2.24, 2.45) is 0 Å². The zero-order valence-electron chi connectivity index (χ0n) is 9.59. The largest absolute Gasteiger partial charge is 0.374 e. The third-order valence-corrected chi connectivity index (χ3v) is 3.87. The quantitative estimate of drug-likeness (QED) is 0.814. The molecule has 0 bridgehead atoms. The van der Waals surface area contributed by atoms with Crippen LogP contribution in [0.2, 0.25) is 0 Å². The zero-order chi connectivity index (χ0) is 11.9. The summed E-state index contributed by atoms with van der Waals surface area (Å²) in [6, 6.07) is 4.01. The molecule has 2 aromatic rings. The first-order valence-corrected chi connectivity index (χ1v) is 7.24. The molecule has 0 radical (unpaired) electrons. The monoisotopic (exact) mass is 266 g/mol. The minimum absolute atomic E-state index is 0.840. The van der Waals surface area contributed by atoms with E-state index in [2.05, 4.69) is 26.8 Å². The molecule has 17 heavy (non-hydrogen) atoms. The highest BCUT2D eigenvalue weighted by molar-refractivity contribution is 7.98. The zero-order valence-corrected chi connectivity index (χ0v) is 11.2. The average Bonchev–Trinajstić information content (AvgIpc) is 2.82. The van der Waals surface area contributed by atoms with Crippen LogP contribution in [-0.4, -0.2) is 21.1 Å². The van der Waals surface area contributed by atoms with Crippen molar-refractivity contribution in [1.82, 2.24) is 14.6 Å². The van der Waals surface area contributed by atoms with E-state index in [1.165, 1.54) is 16.4 Å². The van der Waals surface area contributed by atoms with Gasteiger partial charge in [-0.2, -0.15) is 0 Å². The van der Waals surface area contributed by atoms with Crippen molar-refractivity contribution in [2.45, 2.75) is 24.0 Å². The maximum Gasteiger partial charge on any atom is 0.134 e. The molecule has 0 spiro atoms. The van der Waals surface area contributed by atoms with Crippen molar-refractivity contribution in [3.8, 4) is 0 Å². The molecule has 0 aliphatic rings. The van der Waals surface area contributed by atoms with Gasteiger partial charge < -0.3 is 5.32 Å². The number of pyridine rings is 1. The van der Waals surface area contributed by atoms with Gasteiger partial charge in [0.15, 0.2) is 0 Å². The molecule has 4 nitrogen and oxygen atoms in total. The molecule has 0 amide bonds. The summed E-state index contributed by atoms with van der Waals surface area (Å²) in [6.07, 6.45) is 4.71. The second kappa shape index (κ2) is 6.56. The summed E-state index contributed by atoms with van der Waals surface area (Å²) in [4.78, 5) is 5.20. The van der Waals surface area contributed by atoms with Gasteiger partial charge in [-0.25, -0.2) is 0 Å². The maximum absolute atomic E-state index is 4.15. The van der Waals surface area contributed by atoms with Gasteiger partial charge >= 0.3 is 0 Å². The standard InChI is InChI=1S/C11H14N4S2/c1-2-5-13-11-10(14-15-17-11)8-16-9-3-6-12-7-4-9/h3-4,6-7,13H,2,5,8H2,1H3. The van der Waals surface area contributed by atoms with Crippen molar-refractivity contribution < 1.29 is 0 Å². The molecule has 0 aliphatic heterocycles. The average molecular weight is 266 g/mol. The predicted molar refractivity (Wildman–Crippen MR) is 72.5 cm³/mol. The first-order chi connectivity index (χ1) is 8.40. The lowest BCUT2D eigenvalue weighted by Gasteiger charge is -2.03. The fraction of sp³-hybridized carbons (Fsp3) is 0.364. The molecular weight excluding hydrogens is 252 g/mol. The van der Waals surface area contributed by atoms with Gasteiger partial charge in [-0.3, -0.25) is 4.98 Å². The van der Waals surface area contributed by atoms with E-state index >= 15 is 0 Å². The highest BCUT2D eigenvalue weighted by atomic mass is 32.2. The van der Waals surface area contributed by atoms with Gasteiger partial charge in [0.2, 0.25) is 0 Å². The topological polar surface area (TPSA) is 50.7 Å². The molecule has 2 rings (SSSR count). The Morgan fingerprint density at radius 1 is 1.35 bits per heavy atom. The van der Waals surface area contributed by atoms with Gasteiger partial charge in [0.25, 0.3) is 0 Å². The number of rotatable bonds is 6. The summed E-state index contributed by atoms with van der Waals surface area (Å²) in [5.41, 5.74) is 1.03. The van der Waals surface area contributed by atoms with E-state index < -0.39 is 0 Å². The van der Waals surface area contributed by atoms with Crippen molar-refractivity contribution in [1.29, 1.82) is 0 Å². The Labute approximate surface area is 109 Å². The van der Waals surface area contributed by atoms with Crippen molar-refractivity contribution in [3.63, 3.8) is 0 Å². The van der Waals surface area contributed by atoms with E-state index in [0.717, 1.165) is 29.4 Å². The molecule has 6 heteroatoms. The Kier molecular flexibility index (Phi) is 4.75. The second-order valence-electron chi connectivity index (χ2n) is 3.45. The molecule has 0 aromatic carbocycles. The Hall–Kier alpha value is -1.14. The number of nitrogens with zero attached hydrogens (tertiary/aromatic N) is 3. The number of hydrogen-bond donors (Lipinski definition) is 1. The fourth-order valence-electron chi connectivity index (χ4n) is 1.26. The summed E-state index contributed by atoms with van der Waals surface area (Å²) in [7, 11) is 0. The molecule has 0 atom stereocenters. The van der Waals surface area contributed by atoms with Crippen LogP contribution in [0.3, 0.4) is 0 Å². The Balaban J connectivity index is 1.92. The third-order valence-electron chi connectivity index (χ3n) is 2.12. The summed E-state index contributed by atoms with van der Waals surface area (Å²) in [5, 5.41) is 8.59. The van der Waals surface area contributed by atoms with Gasteiger partial charge in [-0.15, -0.1) is 16.9 Å². The highest BCUT2D eigenvalue weighted by Gasteiger charge is 2.07. The van der Waals surface area contributed by atoms with E-state index in [1.54, 1.807) is 24.2 Å². The minimum Gasteiger partial charge on any atom is -0.374 e. The second-order valence-corrected chi connectivity index (χ2v) is 5.25. The van der Waals surface area contributed by atoms with Crippen LogP contribution >= 0.6 is 23.3 Å². The highest BCUT2D eigenvalue weighted by Crippen LogP contribution is 2.26. The molecule has 0 fully saturated rings.